The maximum atomic E-state index is 12.6. The van der Waals surface area contributed by atoms with Gasteiger partial charge in [0.05, 0.1) is 16.2 Å². The van der Waals surface area contributed by atoms with E-state index in [9.17, 15) is 9.59 Å². The molecule has 6 nitrogen and oxygen atoms in total. The number of hydrogen-bond donors (Lipinski definition) is 0. The maximum Gasteiger partial charge on any atom is 0.363 e. The molecule has 0 fully saturated rings. The molecule has 0 unspecified atom stereocenters. The molecule has 0 N–H and O–H groups in total. The van der Waals surface area contributed by atoms with Gasteiger partial charge in [0, 0.05) is 10.6 Å². The van der Waals surface area contributed by atoms with Crippen molar-refractivity contribution in [2.75, 3.05) is 7.11 Å². The molecule has 1 aliphatic heterocycles. The molecule has 0 saturated carbocycles. The molecule has 0 saturated heterocycles. The molecule has 3 aromatic carbocycles. The highest BCUT2D eigenvalue weighted by molar-refractivity contribution is 14.1. The summed E-state index contributed by atoms with van der Waals surface area (Å²) < 4.78 is 17.0. The Bertz CT molecular complexity index is 1350. The standard InChI is InChI=1S/C27H21ClINO5/c1-15(2)17-4-6-18(7-5-17)25-30-22(27(32)35-25)13-16-12-21(29)24(23(14-16)33-3)34-26(31)19-8-10-20(28)11-9-19/h4-15H,1-3H3/b22-13-. The van der Waals surface area contributed by atoms with E-state index in [-0.39, 0.29) is 17.3 Å². The first-order valence-corrected chi connectivity index (χ1v) is 12.2. The van der Waals surface area contributed by atoms with E-state index >= 15 is 0 Å². The number of ether oxygens (including phenoxy) is 3. The number of hydrogen-bond acceptors (Lipinski definition) is 6. The highest BCUT2D eigenvalue weighted by Crippen LogP contribution is 2.35. The first-order chi connectivity index (χ1) is 16.7. The number of rotatable bonds is 6. The second kappa shape index (κ2) is 10.6. The van der Waals surface area contributed by atoms with E-state index in [4.69, 9.17) is 25.8 Å². The largest absolute Gasteiger partial charge is 0.493 e. The van der Waals surface area contributed by atoms with Crippen LogP contribution in [0.1, 0.15) is 46.8 Å². The van der Waals surface area contributed by atoms with Gasteiger partial charge in [0.25, 0.3) is 0 Å². The Labute approximate surface area is 221 Å². The van der Waals surface area contributed by atoms with E-state index in [1.165, 1.54) is 12.7 Å². The monoisotopic (exact) mass is 601 g/mol. The predicted molar refractivity (Wildman–Crippen MR) is 143 cm³/mol. The Kier molecular flexibility index (Phi) is 7.57. The van der Waals surface area contributed by atoms with E-state index in [0.29, 0.717) is 31.4 Å². The van der Waals surface area contributed by atoms with E-state index in [1.807, 2.05) is 46.9 Å². The van der Waals surface area contributed by atoms with Gasteiger partial charge in [-0.05, 0) is 94.2 Å². The van der Waals surface area contributed by atoms with Crippen LogP contribution in [-0.2, 0) is 9.53 Å². The van der Waals surface area contributed by atoms with Gasteiger partial charge in [-0.1, -0.05) is 37.6 Å². The zero-order chi connectivity index (χ0) is 25.1. The smallest absolute Gasteiger partial charge is 0.363 e. The minimum atomic E-state index is -0.542. The van der Waals surface area contributed by atoms with Crippen LogP contribution >= 0.6 is 34.2 Å². The number of carbonyl (C=O) groups is 2. The third kappa shape index (κ3) is 5.74. The average Bonchev–Trinajstić information content (AvgIpc) is 3.20. The van der Waals surface area contributed by atoms with Crippen molar-refractivity contribution in [3.63, 3.8) is 0 Å². The van der Waals surface area contributed by atoms with Gasteiger partial charge in [-0.15, -0.1) is 0 Å². The third-order valence-electron chi connectivity index (χ3n) is 5.27. The maximum absolute atomic E-state index is 12.6. The van der Waals surface area contributed by atoms with Crippen LogP contribution in [-0.4, -0.2) is 24.9 Å². The Morgan fingerprint density at radius 1 is 1.09 bits per heavy atom. The zero-order valence-electron chi connectivity index (χ0n) is 19.2. The number of esters is 2. The number of methoxy groups -OCH3 is 1. The Balaban J connectivity index is 1.59. The molecule has 3 aromatic rings. The fourth-order valence-electron chi connectivity index (χ4n) is 3.36. The fraction of sp³-hybridized carbons (Fsp3) is 0.148. The summed E-state index contributed by atoms with van der Waals surface area (Å²) >= 11 is 7.93. The van der Waals surface area contributed by atoms with Gasteiger partial charge in [-0.25, -0.2) is 14.6 Å². The van der Waals surface area contributed by atoms with Crippen LogP contribution in [0.4, 0.5) is 0 Å². The number of nitrogens with zero attached hydrogens (tertiary/aromatic N) is 1. The summed E-state index contributed by atoms with van der Waals surface area (Å²) in [7, 11) is 1.48. The Hall–Kier alpha value is -3.17. The summed E-state index contributed by atoms with van der Waals surface area (Å²) in [6.45, 7) is 4.23. The average molecular weight is 602 g/mol. The lowest BCUT2D eigenvalue weighted by atomic mass is 10.0. The van der Waals surface area contributed by atoms with Gasteiger partial charge in [0.2, 0.25) is 5.90 Å². The van der Waals surface area contributed by atoms with Crippen molar-refractivity contribution in [3.05, 3.63) is 97.2 Å². The highest BCUT2D eigenvalue weighted by Gasteiger charge is 2.25. The van der Waals surface area contributed by atoms with E-state index in [0.717, 1.165) is 5.56 Å². The zero-order valence-corrected chi connectivity index (χ0v) is 22.1. The Morgan fingerprint density at radius 3 is 2.40 bits per heavy atom. The lowest BCUT2D eigenvalue weighted by Crippen LogP contribution is -2.10. The van der Waals surface area contributed by atoms with Crippen LogP contribution in [0.5, 0.6) is 11.5 Å². The second-order valence-corrected chi connectivity index (χ2v) is 9.64. The topological polar surface area (TPSA) is 74.2 Å². The molecule has 178 valence electrons. The molecule has 0 bridgehead atoms. The van der Waals surface area contributed by atoms with Crippen molar-refractivity contribution in [1.29, 1.82) is 0 Å². The number of carbonyl (C=O) groups excluding carboxylic acids is 2. The molecule has 4 rings (SSSR count). The molecular formula is C27H21ClINO5. The van der Waals surface area contributed by atoms with Crippen LogP contribution in [0.2, 0.25) is 5.02 Å². The third-order valence-corrected chi connectivity index (χ3v) is 6.33. The highest BCUT2D eigenvalue weighted by atomic mass is 127. The minimum absolute atomic E-state index is 0.164. The first kappa shape index (κ1) is 24.9. The van der Waals surface area contributed by atoms with Crippen molar-refractivity contribution < 1.29 is 23.8 Å². The lowest BCUT2D eigenvalue weighted by molar-refractivity contribution is -0.129. The van der Waals surface area contributed by atoms with Gasteiger partial charge in [0.1, 0.15) is 0 Å². The van der Waals surface area contributed by atoms with Gasteiger partial charge in [-0.2, -0.15) is 0 Å². The first-order valence-electron chi connectivity index (χ1n) is 10.7. The molecule has 1 heterocycles. The predicted octanol–water partition coefficient (Wildman–Crippen LogP) is 6.64. The summed E-state index contributed by atoms with van der Waals surface area (Å²) in [6, 6.07) is 17.6. The number of halogens is 2. The van der Waals surface area contributed by atoms with Crippen LogP contribution in [0.3, 0.4) is 0 Å². The summed E-state index contributed by atoms with van der Waals surface area (Å²) in [5.74, 6) is 0.191. The lowest BCUT2D eigenvalue weighted by Gasteiger charge is -2.12. The summed E-state index contributed by atoms with van der Waals surface area (Å²) in [6.07, 6.45) is 1.60. The summed E-state index contributed by atoms with van der Waals surface area (Å²) in [4.78, 5) is 29.4. The summed E-state index contributed by atoms with van der Waals surface area (Å²) in [5, 5.41) is 0.523. The van der Waals surface area contributed by atoms with E-state index in [2.05, 4.69) is 18.8 Å². The van der Waals surface area contributed by atoms with Gasteiger partial charge in [0.15, 0.2) is 17.2 Å². The molecule has 0 radical (unpaired) electrons. The van der Waals surface area contributed by atoms with Crippen LogP contribution in [0, 0.1) is 3.57 Å². The van der Waals surface area contributed by atoms with Gasteiger partial charge < -0.3 is 14.2 Å². The fourth-order valence-corrected chi connectivity index (χ4v) is 4.22. The van der Waals surface area contributed by atoms with Gasteiger partial charge >= 0.3 is 11.9 Å². The van der Waals surface area contributed by atoms with Crippen LogP contribution < -0.4 is 9.47 Å². The minimum Gasteiger partial charge on any atom is -0.493 e. The van der Waals surface area contributed by atoms with Crippen molar-refractivity contribution in [2.24, 2.45) is 4.99 Å². The molecule has 0 atom stereocenters. The molecule has 0 aliphatic carbocycles. The second-order valence-electron chi connectivity index (χ2n) is 8.04. The number of benzene rings is 3. The van der Waals surface area contributed by atoms with Crippen LogP contribution in [0.25, 0.3) is 6.08 Å². The van der Waals surface area contributed by atoms with E-state index in [1.54, 1.807) is 42.5 Å². The van der Waals surface area contributed by atoms with Crippen molar-refractivity contribution >= 4 is 58.1 Å². The molecule has 0 spiro atoms. The number of cyclic esters (lactones) is 1. The quantitative estimate of drug-likeness (QED) is 0.137. The number of aliphatic imine (C=N–C) groups is 1. The van der Waals surface area contributed by atoms with Crippen LogP contribution in [0.15, 0.2) is 71.4 Å². The van der Waals surface area contributed by atoms with Gasteiger partial charge in [-0.3, -0.25) is 0 Å². The molecule has 0 aromatic heterocycles. The van der Waals surface area contributed by atoms with Crippen molar-refractivity contribution in [2.45, 2.75) is 19.8 Å². The Morgan fingerprint density at radius 2 is 1.77 bits per heavy atom. The molecule has 0 amide bonds. The van der Waals surface area contributed by atoms with Crippen molar-refractivity contribution in [3.8, 4) is 11.5 Å². The summed E-state index contributed by atoms with van der Waals surface area (Å²) in [5.41, 5.74) is 3.08. The van der Waals surface area contributed by atoms with Crippen molar-refractivity contribution in [1.82, 2.24) is 0 Å². The molecule has 35 heavy (non-hydrogen) atoms. The molecule has 8 heteroatoms. The van der Waals surface area contributed by atoms with E-state index < -0.39 is 11.9 Å². The SMILES string of the molecule is COc1cc(/C=C2\N=C(c3ccc(C(C)C)cc3)OC2=O)cc(I)c1OC(=O)c1ccc(Cl)cc1. The molecule has 1 aliphatic rings. The normalized spacial score (nSPS) is 14.2. The molecular weight excluding hydrogens is 581 g/mol.